The van der Waals surface area contributed by atoms with Crippen LogP contribution in [0.4, 0.5) is 0 Å². The minimum absolute atomic E-state index is 0.0254. The van der Waals surface area contributed by atoms with Crippen molar-refractivity contribution in [3.8, 4) is 0 Å². The number of nitrogens with zero attached hydrogens (tertiary/aromatic N) is 3. The number of hydrogen-bond donors (Lipinski definition) is 1. The van der Waals surface area contributed by atoms with Crippen LogP contribution in [0.2, 0.25) is 0 Å². The molecule has 0 spiro atoms. The lowest BCUT2D eigenvalue weighted by Crippen LogP contribution is -2.20. The molecule has 4 aromatic rings. The monoisotopic (exact) mass is 322 g/mol. The quantitative estimate of drug-likeness (QED) is 0.465. The Balaban J connectivity index is 2.03. The molecule has 2 heterocycles. The van der Waals surface area contributed by atoms with Gasteiger partial charge in [-0.05, 0) is 24.3 Å². The number of hydrogen-bond acceptors (Lipinski definition) is 4. The molecule has 2 aromatic heterocycles. The lowest BCUT2D eigenvalue weighted by molar-refractivity contribution is -0.118. The summed E-state index contributed by atoms with van der Waals surface area (Å²) in [5.41, 5.74) is 3.68. The second-order valence-electron chi connectivity index (χ2n) is 5.13. The van der Waals surface area contributed by atoms with Gasteiger partial charge in [0.25, 0.3) is 0 Å². The Hall–Kier alpha value is -2.60. The highest BCUT2D eigenvalue weighted by molar-refractivity contribution is 7.99. The summed E-state index contributed by atoms with van der Waals surface area (Å²) >= 11 is 1.42. The van der Waals surface area contributed by atoms with Crippen molar-refractivity contribution in [1.82, 2.24) is 19.7 Å². The SMILES string of the molecule is CNC(=O)CSc1nc2ccccc2c2nc3ccccc3n12. The van der Waals surface area contributed by atoms with Crippen LogP contribution in [0, 0.1) is 0 Å². The molecule has 0 atom stereocenters. The number of fused-ring (bicyclic) bond motifs is 5. The largest absolute Gasteiger partial charge is 0.358 e. The maximum atomic E-state index is 11.6. The number of rotatable bonds is 3. The second kappa shape index (κ2) is 5.55. The van der Waals surface area contributed by atoms with Crippen LogP contribution in [0.1, 0.15) is 0 Å². The first-order valence-electron chi connectivity index (χ1n) is 7.27. The van der Waals surface area contributed by atoms with Gasteiger partial charge < -0.3 is 5.32 Å². The molecule has 0 bridgehead atoms. The fourth-order valence-electron chi connectivity index (χ4n) is 2.61. The third-order valence-corrected chi connectivity index (χ3v) is 4.66. The zero-order valence-electron chi connectivity index (χ0n) is 12.5. The third kappa shape index (κ3) is 2.31. The van der Waals surface area contributed by atoms with E-state index in [0.29, 0.717) is 5.75 Å². The van der Waals surface area contributed by atoms with Crippen LogP contribution in [0.25, 0.3) is 27.6 Å². The zero-order chi connectivity index (χ0) is 15.8. The molecule has 0 fully saturated rings. The first-order chi connectivity index (χ1) is 11.3. The Morgan fingerprint density at radius 1 is 1.09 bits per heavy atom. The van der Waals surface area contributed by atoms with E-state index in [1.165, 1.54) is 11.8 Å². The maximum absolute atomic E-state index is 11.6. The Labute approximate surface area is 136 Å². The summed E-state index contributed by atoms with van der Waals surface area (Å²) in [5, 5.41) is 4.42. The summed E-state index contributed by atoms with van der Waals surface area (Å²) in [7, 11) is 1.64. The summed E-state index contributed by atoms with van der Waals surface area (Å²) in [4.78, 5) is 21.1. The molecule has 6 heteroatoms. The summed E-state index contributed by atoms with van der Waals surface area (Å²) in [5.74, 6) is 0.297. The summed E-state index contributed by atoms with van der Waals surface area (Å²) < 4.78 is 2.03. The van der Waals surface area contributed by atoms with E-state index in [9.17, 15) is 4.79 Å². The first kappa shape index (κ1) is 14.0. The van der Waals surface area contributed by atoms with E-state index in [-0.39, 0.29) is 5.91 Å². The number of aromatic nitrogens is 3. The lowest BCUT2D eigenvalue weighted by Gasteiger charge is -2.07. The van der Waals surface area contributed by atoms with Gasteiger partial charge in [-0.15, -0.1) is 0 Å². The molecule has 0 radical (unpaired) electrons. The van der Waals surface area contributed by atoms with E-state index >= 15 is 0 Å². The Bertz CT molecular complexity index is 1040. The van der Waals surface area contributed by atoms with Crippen molar-refractivity contribution in [2.75, 3.05) is 12.8 Å². The first-order valence-corrected chi connectivity index (χ1v) is 8.26. The van der Waals surface area contributed by atoms with Crippen molar-refractivity contribution in [3.63, 3.8) is 0 Å². The number of carbonyl (C=O) groups excluding carboxylic acids is 1. The van der Waals surface area contributed by atoms with Crippen LogP contribution < -0.4 is 5.32 Å². The second-order valence-corrected chi connectivity index (χ2v) is 6.08. The number of imidazole rings is 1. The summed E-state index contributed by atoms with van der Waals surface area (Å²) in [6, 6.07) is 15.9. The van der Waals surface area contributed by atoms with Gasteiger partial charge in [0, 0.05) is 12.4 Å². The number of para-hydroxylation sites is 3. The number of nitrogens with one attached hydrogen (secondary N) is 1. The van der Waals surface area contributed by atoms with Crippen LogP contribution >= 0.6 is 11.8 Å². The number of carbonyl (C=O) groups is 1. The van der Waals surface area contributed by atoms with E-state index in [2.05, 4.69) is 5.32 Å². The summed E-state index contributed by atoms with van der Waals surface area (Å²) in [6.45, 7) is 0. The fraction of sp³-hybridized carbons (Fsp3) is 0.118. The van der Waals surface area contributed by atoms with E-state index in [1.807, 2.05) is 52.9 Å². The van der Waals surface area contributed by atoms with Gasteiger partial charge in [0.1, 0.15) is 5.65 Å². The van der Waals surface area contributed by atoms with Gasteiger partial charge in [-0.25, -0.2) is 9.97 Å². The smallest absolute Gasteiger partial charge is 0.230 e. The van der Waals surface area contributed by atoms with Crippen molar-refractivity contribution in [2.24, 2.45) is 0 Å². The molecule has 23 heavy (non-hydrogen) atoms. The average molecular weight is 322 g/mol. The highest BCUT2D eigenvalue weighted by atomic mass is 32.2. The van der Waals surface area contributed by atoms with E-state index < -0.39 is 0 Å². The van der Waals surface area contributed by atoms with Gasteiger partial charge in [-0.1, -0.05) is 36.0 Å². The predicted octanol–water partition coefficient (Wildman–Crippen LogP) is 2.87. The van der Waals surface area contributed by atoms with Gasteiger partial charge in [-0.3, -0.25) is 9.20 Å². The molecule has 1 amide bonds. The molecule has 0 unspecified atom stereocenters. The number of thioether (sulfide) groups is 1. The molecule has 0 aliphatic carbocycles. The van der Waals surface area contributed by atoms with Crippen molar-refractivity contribution in [1.29, 1.82) is 0 Å². The van der Waals surface area contributed by atoms with Crippen LogP contribution in [0.3, 0.4) is 0 Å². The Kier molecular flexibility index (Phi) is 3.38. The minimum atomic E-state index is -0.0254. The zero-order valence-corrected chi connectivity index (χ0v) is 13.3. The molecular weight excluding hydrogens is 308 g/mol. The van der Waals surface area contributed by atoms with Gasteiger partial charge >= 0.3 is 0 Å². The molecule has 0 aliphatic rings. The van der Waals surface area contributed by atoms with Crippen LogP contribution in [-0.4, -0.2) is 33.1 Å². The van der Waals surface area contributed by atoms with Crippen LogP contribution in [0.5, 0.6) is 0 Å². The van der Waals surface area contributed by atoms with Crippen molar-refractivity contribution in [3.05, 3.63) is 48.5 Å². The van der Waals surface area contributed by atoms with E-state index in [0.717, 1.165) is 32.7 Å². The molecule has 0 saturated carbocycles. The van der Waals surface area contributed by atoms with Crippen molar-refractivity contribution >= 4 is 45.3 Å². The maximum Gasteiger partial charge on any atom is 0.230 e. The molecule has 1 N–H and O–H groups in total. The van der Waals surface area contributed by atoms with E-state index in [4.69, 9.17) is 9.97 Å². The molecule has 114 valence electrons. The third-order valence-electron chi connectivity index (χ3n) is 3.72. The van der Waals surface area contributed by atoms with E-state index in [1.54, 1.807) is 7.05 Å². The van der Waals surface area contributed by atoms with Crippen LogP contribution in [-0.2, 0) is 4.79 Å². The van der Waals surface area contributed by atoms with Gasteiger partial charge in [-0.2, -0.15) is 0 Å². The highest BCUT2D eigenvalue weighted by Gasteiger charge is 2.14. The number of amides is 1. The minimum Gasteiger partial charge on any atom is -0.358 e. The number of benzene rings is 2. The van der Waals surface area contributed by atoms with Gasteiger partial charge in [0.05, 0.1) is 22.3 Å². The molecule has 2 aromatic carbocycles. The lowest BCUT2D eigenvalue weighted by atomic mass is 10.2. The Morgan fingerprint density at radius 2 is 1.83 bits per heavy atom. The van der Waals surface area contributed by atoms with Gasteiger partial charge in [0.2, 0.25) is 5.91 Å². The standard InChI is InChI=1S/C17H14N4OS/c1-18-15(22)10-23-17-20-12-7-3-2-6-11(12)16-19-13-8-4-5-9-14(13)21(16)17/h2-9H,10H2,1H3,(H,18,22). The Morgan fingerprint density at radius 3 is 2.65 bits per heavy atom. The molecule has 4 rings (SSSR count). The topological polar surface area (TPSA) is 59.3 Å². The fourth-order valence-corrected chi connectivity index (χ4v) is 3.49. The average Bonchev–Trinajstić information content (AvgIpc) is 2.99. The van der Waals surface area contributed by atoms with Crippen molar-refractivity contribution < 1.29 is 4.79 Å². The normalized spacial score (nSPS) is 11.3. The highest BCUT2D eigenvalue weighted by Crippen LogP contribution is 2.28. The van der Waals surface area contributed by atoms with Gasteiger partial charge in [0.15, 0.2) is 5.16 Å². The molecular formula is C17H14N4OS. The predicted molar refractivity (Wildman–Crippen MR) is 92.8 cm³/mol. The van der Waals surface area contributed by atoms with Crippen LogP contribution in [0.15, 0.2) is 53.7 Å². The molecule has 0 aliphatic heterocycles. The summed E-state index contributed by atoms with van der Waals surface area (Å²) in [6.07, 6.45) is 0. The molecule has 0 saturated heterocycles. The molecule has 5 nitrogen and oxygen atoms in total. The van der Waals surface area contributed by atoms with Crippen molar-refractivity contribution in [2.45, 2.75) is 5.16 Å².